The van der Waals surface area contributed by atoms with E-state index in [1.54, 1.807) is 46.0 Å². The van der Waals surface area contributed by atoms with Crippen LogP contribution in [0.3, 0.4) is 0 Å². The number of benzene rings is 1. The van der Waals surface area contributed by atoms with Crippen LogP contribution in [-0.4, -0.2) is 21.0 Å². The molecular formula is C20H21N3O5. The molecule has 1 N–H and O–H groups in total. The molecular weight excluding hydrogens is 362 g/mol. The molecule has 2 aromatic rings. The molecule has 0 aliphatic carbocycles. The molecule has 8 nitrogen and oxygen atoms in total. The number of nitrogens with one attached hydrogen (secondary N) is 1. The van der Waals surface area contributed by atoms with Crippen molar-refractivity contribution in [3.63, 3.8) is 0 Å². The van der Waals surface area contributed by atoms with E-state index in [4.69, 9.17) is 4.74 Å². The van der Waals surface area contributed by atoms with Crippen LogP contribution >= 0.6 is 0 Å². The van der Waals surface area contributed by atoms with Crippen LogP contribution in [0.5, 0.6) is 5.75 Å². The molecule has 0 saturated carbocycles. The van der Waals surface area contributed by atoms with Crippen LogP contribution in [0.2, 0.25) is 0 Å². The van der Waals surface area contributed by atoms with Gasteiger partial charge in [-0.05, 0) is 32.9 Å². The zero-order valence-electron chi connectivity index (χ0n) is 16.1. The molecule has 1 aromatic carbocycles. The van der Waals surface area contributed by atoms with Crippen LogP contribution in [-0.2, 0) is 4.79 Å². The summed E-state index contributed by atoms with van der Waals surface area (Å²) in [5.41, 5.74) is 0.134. The number of nitro groups is 1. The average molecular weight is 383 g/mol. The van der Waals surface area contributed by atoms with Gasteiger partial charge in [0.25, 0.3) is 11.2 Å². The summed E-state index contributed by atoms with van der Waals surface area (Å²) in [5.74, 6) is 0.160. The second-order valence-corrected chi connectivity index (χ2v) is 6.99. The first-order valence-corrected chi connectivity index (χ1v) is 8.87. The molecule has 0 unspecified atom stereocenters. The number of carbonyl (C=O) groups is 1. The topological polar surface area (TPSA) is 103 Å². The maximum atomic E-state index is 12.6. The first-order valence-electron chi connectivity index (χ1n) is 8.87. The van der Waals surface area contributed by atoms with Gasteiger partial charge in [-0.1, -0.05) is 13.0 Å². The molecule has 1 amide bonds. The minimum Gasteiger partial charge on any atom is -0.481 e. The number of pyridine rings is 1. The molecule has 2 heterocycles. The highest BCUT2D eigenvalue weighted by molar-refractivity contribution is 5.86. The van der Waals surface area contributed by atoms with E-state index in [0.717, 1.165) is 0 Å². The number of hydrogen-bond donors (Lipinski definition) is 1. The van der Waals surface area contributed by atoms with Gasteiger partial charge in [-0.25, -0.2) is 0 Å². The predicted octanol–water partition coefficient (Wildman–Crippen LogP) is 2.98. The molecule has 3 rings (SSSR count). The van der Waals surface area contributed by atoms with Gasteiger partial charge in [-0.3, -0.25) is 24.3 Å². The van der Waals surface area contributed by atoms with Crippen molar-refractivity contribution in [2.45, 2.75) is 39.7 Å². The number of carbonyl (C=O) groups excluding carboxylic acids is 1. The molecule has 1 aliphatic rings. The van der Waals surface area contributed by atoms with Gasteiger partial charge < -0.3 is 10.1 Å². The van der Waals surface area contributed by atoms with E-state index in [-0.39, 0.29) is 23.6 Å². The van der Waals surface area contributed by atoms with Crippen molar-refractivity contribution in [2.75, 3.05) is 0 Å². The summed E-state index contributed by atoms with van der Waals surface area (Å²) in [7, 11) is 0. The van der Waals surface area contributed by atoms with Gasteiger partial charge in [-0.15, -0.1) is 0 Å². The Kier molecular flexibility index (Phi) is 4.80. The third-order valence-electron chi connectivity index (χ3n) is 4.68. The number of rotatable bonds is 4. The summed E-state index contributed by atoms with van der Waals surface area (Å²) in [6, 6.07) is 7.58. The first-order chi connectivity index (χ1) is 13.2. The van der Waals surface area contributed by atoms with Crippen LogP contribution in [0.15, 0.2) is 47.0 Å². The van der Waals surface area contributed by atoms with E-state index in [0.29, 0.717) is 28.3 Å². The van der Waals surface area contributed by atoms with Gasteiger partial charge in [0, 0.05) is 30.3 Å². The monoisotopic (exact) mass is 383 g/mol. The Bertz CT molecular complexity index is 1070. The van der Waals surface area contributed by atoms with Crippen molar-refractivity contribution in [3.05, 3.63) is 73.8 Å². The summed E-state index contributed by atoms with van der Waals surface area (Å²) in [6.07, 6.45) is 1.80. The summed E-state index contributed by atoms with van der Waals surface area (Å²) in [5, 5.41) is 14.3. The van der Waals surface area contributed by atoms with Crippen LogP contribution < -0.4 is 15.6 Å². The van der Waals surface area contributed by atoms with E-state index in [2.05, 4.69) is 5.32 Å². The largest absolute Gasteiger partial charge is 0.481 e. The van der Waals surface area contributed by atoms with E-state index in [9.17, 15) is 19.7 Å². The third kappa shape index (κ3) is 3.17. The number of ether oxygens (including phenoxy) is 1. The Labute approximate surface area is 161 Å². The standard InChI is InChI=1S/C20H21N3O5/c1-5-15(24)21-19-18(22-11-7-6-8-16(22)25)17-12(2)13(23(26)27)9-10-14(17)28-20(19,3)4/h6-11H,5H2,1-4H3,(H,21,24). The van der Waals surface area contributed by atoms with Crippen molar-refractivity contribution in [1.29, 1.82) is 0 Å². The lowest BCUT2D eigenvalue weighted by molar-refractivity contribution is -0.385. The van der Waals surface area contributed by atoms with Gasteiger partial charge in [-0.2, -0.15) is 0 Å². The Balaban J connectivity index is 2.45. The summed E-state index contributed by atoms with van der Waals surface area (Å²) >= 11 is 0. The summed E-state index contributed by atoms with van der Waals surface area (Å²) in [4.78, 5) is 35.8. The summed E-state index contributed by atoms with van der Waals surface area (Å²) in [6.45, 7) is 6.86. The Hall–Kier alpha value is -3.42. The van der Waals surface area contributed by atoms with Crippen molar-refractivity contribution >= 4 is 17.3 Å². The van der Waals surface area contributed by atoms with Gasteiger partial charge in [0.1, 0.15) is 11.4 Å². The first kappa shape index (κ1) is 19.3. The van der Waals surface area contributed by atoms with Crippen LogP contribution in [0.4, 0.5) is 5.69 Å². The highest BCUT2D eigenvalue weighted by atomic mass is 16.6. The Morgan fingerprint density at radius 1 is 1.29 bits per heavy atom. The second kappa shape index (κ2) is 6.95. The predicted molar refractivity (Wildman–Crippen MR) is 104 cm³/mol. The molecule has 8 heteroatoms. The van der Waals surface area contributed by atoms with Gasteiger partial charge in [0.05, 0.1) is 21.9 Å². The molecule has 28 heavy (non-hydrogen) atoms. The lowest BCUT2D eigenvalue weighted by Crippen LogP contribution is -2.45. The molecule has 1 aliphatic heterocycles. The van der Waals surface area contributed by atoms with Gasteiger partial charge in [0.2, 0.25) is 5.91 Å². The molecule has 1 aromatic heterocycles. The van der Waals surface area contributed by atoms with Crippen molar-refractivity contribution in [2.24, 2.45) is 0 Å². The normalized spacial score (nSPS) is 14.9. The zero-order valence-corrected chi connectivity index (χ0v) is 16.1. The number of amides is 1. The van der Waals surface area contributed by atoms with Crippen LogP contribution in [0.25, 0.3) is 5.70 Å². The van der Waals surface area contributed by atoms with Gasteiger partial charge in [0.15, 0.2) is 0 Å². The quantitative estimate of drug-likeness (QED) is 0.646. The molecule has 0 bridgehead atoms. The third-order valence-corrected chi connectivity index (χ3v) is 4.68. The minimum absolute atomic E-state index is 0.0929. The highest BCUT2D eigenvalue weighted by Crippen LogP contribution is 2.44. The number of nitro benzene ring substituents is 1. The maximum absolute atomic E-state index is 12.6. The number of aromatic nitrogens is 1. The minimum atomic E-state index is -0.967. The number of nitrogens with zero attached hydrogens (tertiary/aromatic N) is 2. The SMILES string of the molecule is CCC(=O)NC1=C(n2ccccc2=O)c2c(ccc([N+](=O)[O-])c2C)OC1(C)C. The molecule has 146 valence electrons. The fraction of sp³-hybridized carbons (Fsp3) is 0.300. The Morgan fingerprint density at radius 2 is 2.00 bits per heavy atom. The Morgan fingerprint density at radius 3 is 2.61 bits per heavy atom. The second-order valence-electron chi connectivity index (χ2n) is 6.99. The number of fused-ring (bicyclic) bond motifs is 1. The van der Waals surface area contributed by atoms with Crippen LogP contribution in [0.1, 0.15) is 38.3 Å². The fourth-order valence-electron chi connectivity index (χ4n) is 3.28. The smallest absolute Gasteiger partial charge is 0.273 e. The highest BCUT2D eigenvalue weighted by Gasteiger charge is 2.39. The van der Waals surface area contributed by atoms with E-state index >= 15 is 0 Å². The molecule has 0 atom stereocenters. The fourth-order valence-corrected chi connectivity index (χ4v) is 3.28. The molecule has 0 radical (unpaired) electrons. The van der Waals surface area contributed by atoms with Gasteiger partial charge >= 0.3 is 0 Å². The summed E-state index contributed by atoms with van der Waals surface area (Å²) < 4.78 is 7.45. The lowest BCUT2D eigenvalue weighted by atomic mass is 9.91. The van der Waals surface area contributed by atoms with Crippen molar-refractivity contribution in [1.82, 2.24) is 9.88 Å². The zero-order chi connectivity index (χ0) is 20.6. The molecule has 0 spiro atoms. The van der Waals surface area contributed by atoms with Crippen molar-refractivity contribution < 1.29 is 14.5 Å². The lowest BCUT2D eigenvalue weighted by Gasteiger charge is -2.37. The van der Waals surface area contributed by atoms with Crippen LogP contribution in [0, 0.1) is 17.0 Å². The average Bonchev–Trinajstić information content (AvgIpc) is 2.62. The maximum Gasteiger partial charge on any atom is 0.273 e. The molecule has 0 fully saturated rings. The van der Waals surface area contributed by atoms with Crippen molar-refractivity contribution in [3.8, 4) is 5.75 Å². The van der Waals surface area contributed by atoms with E-state index < -0.39 is 10.5 Å². The van der Waals surface area contributed by atoms with E-state index in [1.165, 1.54) is 22.8 Å². The number of hydrogen-bond acceptors (Lipinski definition) is 5. The molecule has 0 saturated heterocycles. The van der Waals surface area contributed by atoms with E-state index in [1.807, 2.05) is 0 Å².